The number of carbonyl (C=O) groups excluding carboxylic acids is 4. The van der Waals surface area contributed by atoms with Gasteiger partial charge in [-0.2, -0.15) is 0 Å². The van der Waals surface area contributed by atoms with Crippen molar-refractivity contribution in [1.82, 2.24) is 19.9 Å². The summed E-state index contributed by atoms with van der Waals surface area (Å²) in [6.07, 6.45) is 6.91. The molecular weight excluding hydrogens is 482 g/mol. The molecule has 12 nitrogen and oxygen atoms in total. The van der Waals surface area contributed by atoms with Gasteiger partial charge in [-0.05, 0) is 31.7 Å². The molecule has 0 aromatic carbocycles. The summed E-state index contributed by atoms with van der Waals surface area (Å²) in [5.41, 5.74) is -0.488. The molecule has 0 fully saturated rings. The highest BCUT2D eigenvalue weighted by Crippen LogP contribution is 2.19. The molecule has 2 rings (SSSR count). The van der Waals surface area contributed by atoms with Crippen LogP contribution in [0.25, 0.3) is 17.2 Å². The SMILES string of the molecule is COC(=O)CC[C@H](NC(=O)CCCCC=Cn1cnc2[nH]c(NC(=O)C(C)(C)C)cc2c1=O)C(=O)OC. The number of ether oxygens (including phenoxy) is 2. The molecule has 3 N–H and O–H groups in total. The van der Waals surface area contributed by atoms with Crippen molar-refractivity contribution < 1.29 is 28.7 Å². The lowest BCUT2D eigenvalue weighted by atomic mass is 9.96. The number of hydrogen-bond donors (Lipinski definition) is 3. The largest absolute Gasteiger partial charge is 0.469 e. The number of fused-ring (bicyclic) bond motifs is 1. The van der Waals surface area contributed by atoms with Crippen LogP contribution in [0.15, 0.2) is 23.3 Å². The number of hydrogen-bond acceptors (Lipinski definition) is 8. The average molecular weight is 518 g/mol. The molecule has 2 amide bonds. The maximum Gasteiger partial charge on any atom is 0.328 e. The molecule has 2 heterocycles. The van der Waals surface area contributed by atoms with Gasteiger partial charge in [-0.15, -0.1) is 0 Å². The minimum Gasteiger partial charge on any atom is -0.469 e. The Balaban J connectivity index is 1.85. The van der Waals surface area contributed by atoms with E-state index < -0.39 is 23.4 Å². The first-order valence-corrected chi connectivity index (χ1v) is 12.0. The molecule has 0 unspecified atom stereocenters. The fourth-order valence-electron chi connectivity index (χ4n) is 3.26. The molecule has 0 spiro atoms. The van der Waals surface area contributed by atoms with Gasteiger partial charge in [-0.3, -0.25) is 23.7 Å². The van der Waals surface area contributed by atoms with E-state index in [9.17, 15) is 24.0 Å². The lowest BCUT2D eigenvalue weighted by Gasteiger charge is -2.16. The standard InChI is InChI=1S/C25H35N5O7/c1-25(2,3)24(35)29-18-14-16-21(28-18)26-15-30(22(16)33)13-9-7-6-8-10-19(31)27-17(23(34)37-5)11-12-20(32)36-4/h9,13-15,17,28H,6-8,10-12H2,1-5H3,(H,27,31)(H,29,35)/t17-/m0/s1. The number of aromatic nitrogens is 3. The van der Waals surface area contributed by atoms with Crippen molar-refractivity contribution in [3.8, 4) is 0 Å². The van der Waals surface area contributed by atoms with Crippen LogP contribution in [-0.4, -0.2) is 58.5 Å². The smallest absolute Gasteiger partial charge is 0.328 e. The molecule has 0 bridgehead atoms. The number of anilines is 1. The van der Waals surface area contributed by atoms with Crippen LogP contribution in [0.2, 0.25) is 0 Å². The summed E-state index contributed by atoms with van der Waals surface area (Å²) in [5.74, 6) is -1.21. The van der Waals surface area contributed by atoms with E-state index in [1.807, 2.05) is 0 Å². The fraction of sp³-hybridized carbons (Fsp3) is 0.520. The number of aromatic amines is 1. The number of esters is 2. The van der Waals surface area contributed by atoms with E-state index in [2.05, 4.69) is 30.1 Å². The van der Waals surface area contributed by atoms with Crippen molar-refractivity contribution in [3.05, 3.63) is 28.8 Å². The third kappa shape index (κ3) is 8.89. The Morgan fingerprint density at radius 3 is 2.51 bits per heavy atom. The van der Waals surface area contributed by atoms with E-state index in [-0.39, 0.29) is 36.6 Å². The number of unbranched alkanes of at least 4 members (excludes halogenated alkanes) is 2. The van der Waals surface area contributed by atoms with E-state index in [1.165, 1.54) is 25.1 Å². The van der Waals surface area contributed by atoms with Gasteiger partial charge in [0.15, 0.2) is 0 Å². The Hall–Kier alpha value is -3.96. The summed E-state index contributed by atoms with van der Waals surface area (Å²) in [7, 11) is 2.46. The zero-order valence-corrected chi connectivity index (χ0v) is 21.9. The zero-order valence-electron chi connectivity index (χ0n) is 21.9. The average Bonchev–Trinajstić information content (AvgIpc) is 3.27. The Morgan fingerprint density at radius 2 is 1.86 bits per heavy atom. The van der Waals surface area contributed by atoms with Crippen molar-refractivity contribution in [3.63, 3.8) is 0 Å². The number of methoxy groups -OCH3 is 2. The van der Waals surface area contributed by atoms with Gasteiger partial charge in [0, 0.05) is 24.5 Å². The van der Waals surface area contributed by atoms with Crippen LogP contribution in [-0.2, 0) is 28.7 Å². The van der Waals surface area contributed by atoms with Gasteiger partial charge in [0.05, 0.1) is 19.6 Å². The van der Waals surface area contributed by atoms with Crippen LogP contribution in [0.3, 0.4) is 0 Å². The molecule has 202 valence electrons. The normalized spacial score (nSPS) is 12.4. The van der Waals surface area contributed by atoms with Crippen LogP contribution in [0.1, 0.15) is 59.3 Å². The Bertz CT molecular complexity index is 1210. The van der Waals surface area contributed by atoms with Gasteiger partial charge >= 0.3 is 11.9 Å². The van der Waals surface area contributed by atoms with Gasteiger partial charge in [-0.1, -0.05) is 26.8 Å². The predicted octanol–water partition coefficient (Wildman–Crippen LogP) is 2.35. The van der Waals surface area contributed by atoms with E-state index in [1.54, 1.807) is 39.1 Å². The Morgan fingerprint density at radius 1 is 1.14 bits per heavy atom. The van der Waals surface area contributed by atoms with Crippen LogP contribution in [0, 0.1) is 5.41 Å². The van der Waals surface area contributed by atoms with Crippen molar-refractivity contribution in [2.75, 3.05) is 19.5 Å². The summed E-state index contributed by atoms with van der Waals surface area (Å²) in [4.78, 5) is 67.5. The highest BCUT2D eigenvalue weighted by atomic mass is 16.5. The fourth-order valence-corrected chi connectivity index (χ4v) is 3.26. The van der Waals surface area contributed by atoms with Gasteiger partial charge in [-0.25, -0.2) is 9.78 Å². The number of H-pyrrole nitrogens is 1. The van der Waals surface area contributed by atoms with Gasteiger partial charge in [0.25, 0.3) is 5.56 Å². The summed E-state index contributed by atoms with van der Waals surface area (Å²) in [6.45, 7) is 5.38. The number of allylic oxidation sites excluding steroid dienone is 1. The molecule has 2 aromatic rings. The molecule has 0 aliphatic carbocycles. The number of rotatable bonds is 12. The maximum atomic E-state index is 12.8. The van der Waals surface area contributed by atoms with Crippen LogP contribution in [0.4, 0.5) is 5.82 Å². The topological polar surface area (TPSA) is 161 Å². The minimum absolute atomic E-state index is 0.0169. The maximum absolute atomic E-state index is 12.8. The number of nitrogens with zero attached hydrogens (tertiary/aromatic N) is 2. The molecule has 0 saturated carbocycles. The van der Waals surface area contributed by atoms with Crippen molar-refractivity contribution in [2.45, 2.75) is 65.3 Å². The molecule has 1 atom stereocenters. The molecule has 0 radical (unpaired) electrons. The van der Waals surface area contributed by atoms with Crippen molar-refractivity contribution >= 4 is 46.8 Å². The summed E-state index contributed by atoms with van der Waals surface area (Å²) < 4.78 is 10.6. The third-order valence-electron chi connectivity index (χ3n) is 5.48. The van der Waals surface area contributed by atoms with Gasteiger partial charge in [0.2, 0.25) is 11.8 Å². The first kappa shape index (κ1) is 29.3. The summed E-state index contributed by atoms with van der Waals surface area (Å²) >= 11 is 0. The Kier molecular flexibility index (Phi) is 10.6. The number of amides is 2. The van der Waals surface area contributed by atoms with Crippen LogP contribution < -0.4 is 16.2 Å². The van der Waals surface area contributed by atoms with Crippen LogP contribution in [0.5, 0.6) is 0 Å². The molecule has 0 aliphatic heterocycles. The summed E-state index contributed by atoms with van der Waals surface area (Å²) in [6, 6.07) is 0.644. The van der Waals surface area contributed by atoms with E-state index >= 15 is 0 Å². The highest BCUT2D eigenvalue weighted by Gasteiger charge is 2.23. The van der Waals surface area contributed by atoms with E-state index in [0.29, 0.717) is 36.1 Å². The molecule has 2 aromatic heterocycles. The third-order valence-corrected chi connectivity index (χ3v) is 5.48. The molecule has 37 heavy (non-hydrogen) atoms. The quantitative estimate of drug-likeness (QED) is 0.285. The van der Waals surface area contributed by atoms with E-state index in [0.717, 1.165) is 0 Å². The van der Waals surface area contributed by atoms with Gasteiger partial charge in [0.1, 0.15) is 23.8 Å². The second-order valence-corrected chi connectivity index (χ2v) is 9.50. The van der Waals surface area contributed by atoms with Crippen molar-refractivity contribution in [2.24, 2.45) is 5.41 Å². The lowest BCUT2D eigenvalue weighted by molar-refractivity contribution is -0.146. The number of nitrogens with one attached hydrogen (secondary N) is 3. The molecule has 0 aliphatic rings. The second-order valence-electron chi connectivity index (χ2n) is 9.50. The van der Waals surface area contributed by atoms with Crippen LogP contribution >= 0.6 is 0 Å². The van der Waals surface area contributed by atoms with Gasteiger partial charge < -0.3 is 25.1 Å². The van der Waals surface area contributed by atoms with Crippen molar-refractivity contribution in [1.29, 1.82) is 0 Å². The molecule has 0 saturated heterocycles. The number of carbonyl (C=O) groups is 4. The molecule has 12 heteroatoms. The van der Waals surface area contributed by atoms with E-state index in [4.69, 9.17) is 0 Å². The Labute approximate surface area is 214 Å². The predicted molar refractivity (Wildman–Crippen MR) is 137 cm³/mol. The highest BCUT2D eigenvalue weighted by molar-refractivity contribution is 5.96. The minimum atomic E-state index is -0.915. The zero-order chi connectivity index (χ0) is 27.6. The molecular formula is C25H35N5O7. The monoisotopic (exact) mass is 517 g/mol. The first-order chi connectivity index (χ1) is 17.5. The second kappa shape index (κ2) is 13.4. The summed E-state index contributed by atoms with van der Waals surface area (Å²) in [5, 5.41) is 5.69. The first-order valence-electron chi connectivity index (χ1n) is 12.0. The lowest BCUT2D eigenvalue weighted by Crippen LogP contribution is -2.41.